The van der Waals surface area contributed by atoms with E-state index in [1.54, 1.807) is 6.20 Å². The molecular weight excluding hydrogens is 266 g/mol. The molecule has 0 aliphatic rings. The molecule has 0 aliphatic heterocycles. The molecule has 0 fully saturated rings. The highest BCUT2D eigenvalue weighted by molar-refractivity contribution is 5.64. The van der Waals surface area contributed by atoms with Crippen LogP contribution in [0.3, 0.4) is 0 Å². The third-order valence-electron chi connectivity index (χ3n) is 3.33. The summed E-state index contributed by atoms with van der Waals surface area (Å²) in [4.78, 5) is 17.9. The van der Waals surface area contributed by atoms with E-state index in [9.17, 15) is 4.79 Å². The van der Waals surface area contributed by atoms with Crippen LogP contribution >= 0.6 is 0 Å². The number of rotatable bonds is 4. The second-order valence-corrected chi connectivity index (χ2v) is 6.05. The minimum Gasteiger partial charge on any atom is -0.465 e. The second-order valence-electron chi connectivity index (χ2n) is 6.05. The standard InChI is InChI=1S/C16H21N3O2/c1-16(2,3)12-6-4-11(5-7-12)13-10-18-14(19-13)8-9-17-15(20)21/h4-7,10,17H,8-9H2,1-3H3,(H,18,19)(H,20,21). The van der Waals surface area contributed by atoms with Crippen LogP contribution in [0.1, 0.15) is 32.2 Å². The Balaban J connectivity index is 2.05. The largest absolute Gasteiger partial charge is 0.465 e. The van der Waals surface area contributed by atoms with Crippen molar-refractivity contribution in [1.82, 2.24) is 15.3 Å². The first-order chi connectivity index (χ1) is 9.86. The highest BCUT2D eigenvalue weighted by atomic mass is 16.4. The van der Waals surface area contributed by atoms with Crippen molar-refractivity contribution in [2.75, 3.05) is 6.54 Å². The number of hydrogen-bond acceptors (Lipinski definition) is 2. The molecule has 21 heavy (non-hydrogen) atoms. The van der Waals surface area contributed by atoms with Crippen LogP contribution < -0.4 is 5.32 Å². The normalized spacial score (nSPS) is 11.4. The summed E-state index contributed by atoms with van der Waals surface area (Å²) in [6, 6.07) is 8.41. The Bertz CT molecular complexity index is 609. The summed E-state index contributed by atoms with van der Waals surface area (Å²) in [7, 11) is 0. The number of carboxylic acid groups (broad SMARTS) is 1. The second kappa shape index (κ2) is 5.99. The lowest BCUT2D eigenvalue weighted by molar-refractivity contribution is 0.194. The average molecular weight is 287 g/mol. The highest BCUT2D eigenvalue weighted by Gasteiger charge is 2.13. The SMILES string of the molecule is CC(C)(C)c1ccc(-c2cnc(CCNC(=O)O)[nH]2)cc1. The Labute approximate surface area is 124 Å². The molecule has 0 spiro atoms. The van der Waals surface area contributed by atoms with Gasteiger partial charge in [0.1, 0.15) is 5.82 Å². The number of amides is 1. The van der Waals surface area contributed by atoms with Crippen LogP contribution in [0.25, 0.3) is 11.3 Å². The number of imidazole rings is 1. The zero-order chi connectivity index (χ0) is 15.5. The van der Waals surface area contributed by atoms with Crippen LogP contribution in [-0.4, -0.2) is 27.7 Å². The van der Waals surface area contributed by atoms with E-state index in [1.807, 2.05) is 0 Å². The van der Waals surface area contributed by atoms with Crippen LogP contribution in [0, 0.1) is 0 Å². The van der Waals surface area contributed by atoms with Crippen LogP contribution in [0.4, 0.5) is 4.79 Å². The molecule has 1 aromatic heterocycles. The van der Waals surface area contributed by atoms with Gasteiger partial charge >= 0.3 is 6.09 Å². The van der Waals surface area contributed by atoms with Gasteiger partial charge in [-0.3, -0.25) is 0 Å². The third-order valence-corrected chi connectivity index (χ3v) is 3.33. The van der Waals surface area contributed by atoms with Gasteiger partial charge in [0.05, 0.1) is 11.9 Å². The van der Waals surface area contributed by atoms with Crippen LogP contribution in [0.15, 0.2) is 30.5 Å². The first-order valence-electron chi connectivity index (χ1n) is 6.98. The Morgan fingerprint density at radius 2 is 1.95 bits per heavy atom. The fraction of sp³-hybridized carbons (Fsp3) is 0.375. The maximum Gasteiger partial charge on any atom is 0.404 e. The third kappa shape index (κ3) is 4.08. The quantitative estimate of drug-likeness (QED) is 0.808. The van der Waals surface area contributed by atoms with Crippen molar-refractivity contribution in [3.63, 3.8) is 0 Å². The van der Waals surface area contributed by atoms with Crippen molar-refractivity contribution >= 4 is 6.09 Å². The fourth-order valence-corrected chi connectivity index (χ4v) is 2.07. The van der Waals surface area contributed by atoms with Gasteiger partial charge in [-0.25, -0.2) is 9.78 Å². The highest BCUT2D eigenvalue weighted by Crippen LogP contribution is 2.25. The number of benzene rings is 1. The van der Waals surface area contributed by atoms with Crippen LogP contribution in [-0.2, 0) is 11.8 Å². The van der Waals surface area contributed by atoms with Crippen LogP contribution in [0.2, 0.25) is 0 Å². The van der Waals surface area contributed by atoms with E-state index in [0.717, 1.165) is 17.1 Å². The number of hydrogen-bond donors (Lipinski definition) is 3. The minimum absolute atomic E-state index is 0.139. The topological polar surface area (TPSA) is 78.0 Å². The van der Waals surface area contributed by atoms with Gasteiger partial charge in [-0.1, -0.05) is 45.0 Å². The number of nitrogens with zero attached hydrogens (tertiary/aromatic N) is 1. The molecule has 0 radical (unpaired) electrons. The summed E-state index contributed by atoms with van der Waals surface area (Å²) in [5.41, 5.74) is 3.45. The summed E-state index contributed by atoms with van der Waals surface area (Å²) in [5.74, 6) is 0.777. The summed E-state index contributed by atoms with van der Waals surface area (Å²) >= 11 is 0. The van der Waals surface area contributed by atoms with Crippen LogP contribution in [0.5, 0.6) is 0 Å². The van der Waals surface area contributed by atoms with E-state index in [0.29, 0.717) is 13.0 Å². The number of aromatic amines is 1. The number of carbonyl (C=O) groups is 1. The molecule has 1 amide bonds. The zero-order valence-corrected chi connectivity index (χ0v) is 12.6. The van der Waals surface area contributed by atoms with Crippen molar-refractivity contribution in [2.24, 2.45) is 0 Å². The Kier molecular flexibility index (Phi) is 4.31. The van der Waals surface area contributed by atoms with Gasteiger partial charge < -0.3 is 15.4 Å². The predicted molar refractivity (Wildman–Crippen MR) is 82.5 cm³/mol. The summed E-state index contributed by atoms with van der Waals surface area (Å²) in [6.07, 6.45) is 1.31. The van der Waals surface area contributed by atoms with E-state index >= 15 is 0 Å². The maximum absolute atomic E-state index is 10.4. The Morgan fingerprint density at radius 1 is 1.29 bits per heavy atom. The molecule has 5 nitrogen and oxygen atoms in total. The van der Waals surface area contributed by atoms with Gasteiger partial charge in [-0.15, -0.1) is 0 Å². The molecule has 0 aliphatic carbocycles. The fourth-order valence-electron chi connectivity index (χ4n) is 2.07. The number of nitrogens with one attached hydrogen (secondary N) is 2. The van der Waals surface area contributed by atoms with E-state index in [-0.39, 0.29) is 5.41 Å². The Hall–Kier alpha value is -2.30. The minimum atomic E-state index is -1.01. The van der Waals surface area contributed by atoms with Gasteiger partial charge in [-0.2, -0.15) is 0 Å². The lowest BCUT2D eigenvalue weighted by atomic mass is 9.86. The molecule has 1 heterocycles. The zero-order valence-electron chi connectivity index (χ0n) is 12.6. The van der Waals surface area contributed by atoms with Gasteiger partial charge in [0.2, 0.25) is 0 Å². The first-order valence-corrected chi connectivity index (χ1v) is 6.98. The van der Waals surface area contributed by atoms with Gasteiger partial charge in [0.25, 0.3) is 0 Å². The van der Waals surface area contributed by atoms with E-state index < -0.39 is 6.09 Å². The molecular formula is C16H21N3O2. The molecule has 3 N–H and O–H groups in total. The lowest BCUT2D eigenvalue weighted by Gasteiger charge is -2.18. The van der Waals surface area contributed by atoms with Gasteiger partial charge in [-0.05, 0) is 16.5 Å². The first kappa shape index (κ1) is 15.1. The molecule has 0 atom stereocenters. The molecule has 0 unspecified atom stereocenters. The van der Waals surface area contributed by atoms with Crippen molar-refractivity contribution in [3.05, 3.63) is 41.9 Å². The number of aromatic nitrogens is 2. The molecule has 2 aromatic rings. The predicted octanol–water partition coefficient (Wildman–Crippen LogP) is 3.18. The summed E-state index contributed by atoms with van der Waals surface area (Å²) < 4.78 is 0. The molecule has 1 aromatic carbocycles. The van der Waals surface area contributed by atoms with Gasteiger partial charge in [0, 0.05) is 13.0 Å². The van der Waals surface area contributed by atoms with E-state index in [4.69, 9.17) is 5.11 Å². The summed E-state index contributed by atoms with van der Waals surface area (Å²) in [6.45, 7) is 6.91. The monoisotopic (exact) mass is 287 g/mol. The van der Waals surface area contributed by atoms with E-state index in [1.165, 1.54) is 5.56 Å². The maximum atomic E-state index is 10.4. The molecule has 2 rings (SSSR count). The lowest BCUT2D eigenvalue weighted by Crippen LogP contribution is -2.23. The van der Waals surface area contributed by atoms with Crippen molar-refractivity contribution in [2.45, 2.75) is 32.6 Å². The molecule has 0 saturated heterocycles. The van der Waals surface area contributed by atoms with Crippen molar-refractivity contribution in [1.29, 1.82) is 0 Å². The molecule has 112 valence electrons. The Morgan fingerprint density at radius 3 is 2.52 bits per heavy atom. The molecule has 5 heteroatoms. The number of H-pyrrole nitrogens is 1. The van der Waals surface area contributed by atoms with E-state index in [2.05, 4.69) is 60.3 Å². The summed E-state index contributed by atoms with van der Waals surface area (Å²) in [5, 5.41) is 10.8. The average Bonchev–Trinajstić information content (AvgIpc) is 2.86. The smallest absolute Gasteiger partial charge is 0.404 e. The van der Waals surface area contributed by atoms with Crippen molar-refractivity contribution < 1.29 is 9.90 Å². The molecule has 0 bridgehead atoms. The molecule has 0 saturated carbocycles. The van der Waals surface area contributed by atoms with Crippen molar-refractivity contribution in [3.8, 4) is 11.3 Å². The van der Waals surface area contributed by atoms with Gasteiger partial charge in [0.15, 0.2) is 0 Å².